The monoisotopic (exact) mass is 251 g/mol. The molecule has 3 N–H and O–H groups in total. The molecule has 0 heterocycles. The van der Waals surface area contributed by atoms with Gasteiger partial charge in [-0.2, -0.15) is 5.26 Å². The topological polar surface area (TPSA) is 61.8 Å². The van der Waals surface area contributed by atoms with Gasteiger partial charge in [-0.1, -0.05) is 23.8 Å². The lowest BCUT2D eigenvalue weighted by Crippen LogP contribution is -2.04. The molecule has 0 spiro atoms. The Balaban J connectivity index is 2.19. The Morgan fingerprint density at radius 2 is 1.95 bits per heavy atom. The van der Waals surface area contributed by atoms with E-state index >= 15 is 0 Å². The van der Waals surface area contributed by atoms with Gasteiger partial charge in [0.05, 0.1) is 23.0 Å². The van der Waals surface area contributed by atoms with Crippen LogP contribution in [0.2, 0.25) is 0 Å². The third-order valence-electron chi connectivity index (χ3n) is 3.16. The van der Waals surface area contributed by atoms with E-state index in [4.69, 9.17) is 11.0 Å². The fourth-order valence-electron chi connectivity index (χ4n) is 1.96. The molecule has 0 fully saturated rings. The first-order chi connectivity index (χ1) is 9.10. The van der Waals surface area contributed by atoms with Gasteiger partial charge in [0.25, 0.3) is 0 Å². The van der Waals surface area contributed by atoms with Crippen LogP contribution in [0.3, 0.4) is 0 Å². The second kappa shape index (κ2) is 5.45. The molecular formula is C16H17N3. The molecule has 3 heteroatoms. The molecule has 0 aliphatic rings. The summed E-state index contributed by atoms with van der Waals surface area (Å²) in [6.45, 7) is 4.87. The molecule has 0 saturated carbocycles. The molecule has 0 saturated heterocycles. The largest absolute Gasteiger partial charge is 0.397 e. The van der Waals surface area contributed by atoms with E-state index in [9.17, 15) is 0 Å². The van der Waals surface area contributed by atoms with Crippen molar-refractivity contribution < 1.29 is 0 Å². The van der Waals surface area contributed by atoms with Crippen LogP contribution in [0.4, 0.5) is 11.4 Å². The van der Waals surface area contributed by atoms with Crippen LogP contribution in [-0.2, 0) is 6.54 Å². The van der Waals surface area contributed by atoms with E-state index in [-0.39, 0.29) is 0 Å². The lowest BCUT2D eigenvalue weighted by Gasteiger charge is -2.12. The molecule has 96 valence electrons. The number of aryl methyl sites for hydroxylation is 2. The van der Waals surface area contributed by atoms with E-state index in [2.05, 4.69) is 43.4 Å². The van der Waals surface area contributed by atoms with E-state index in [1.807, 2.05) is 0 Å². The van der Waals surface area contributed by atoms with Gasteiger partial charge in [-0.05, 0) is 43.2 Å². The number of nitriles is 1. The summed E-state index contributed by atoms with van der Waals surface area (Å²) in [6.07, 6.45) is 0. The van der Waals surface area contributed by atoms with Crippen molar-refractivity contribution in [2.24, 2.45) is 0 Å². The molecule has 0 radical (unpaired) electrons. The van der Waals surface area contributed by atoms with Gasteiger partial charge in [0.2, 0.25) is 0 Å². The minimum Gasteiger partial charge on any atom is -0.397 e. The zero-order chi connectivity index (χ0) is 13.8. The fraction of sp³-hybridized carbons (Fsp3) is 0.188. The highest BCUT2D eigenvalue weighted by atomic mass is 14.9. The standard InChI is InChI=1S/C16H17N3/c1-11-3-4-12(2)14(7-11)10-19-16-8-13(9-17)5-6-15(16)18/h3-8,19H,10,18H2,1-2H3. The number of hydrogen-bond acceptors (Lipinski definition) is 3. The maximum absolute atomic E-state index is 8.90. The van der Waals surface area contributed by atoms with Crippen molar-refractivity contribution in [2.45, 2.75) is 20.4 Å². The Hall–Kier alpha value is -2.47. The summed E-state index contributed by atoms with van der Waals surface area (Å²) in [5.74, 6) is 0. The van der Waals surface area contributed by atoms with E-state index in [1.54, 1.807) is 18.2 Å². The van der Waals surface area contributed by atoms with Crippen molar-refractivity contribution >= 4 is 11.4 Å². The van der Waals surface area contributed by atoms with Crippen LogP contribution in [-0.4, -0.2) is 0 Å². The van der Waals surface area contributed by atoms with Crippen LogP contribution in [0.15, 0.2) is 36.4 Å². The molecule has 0 aliphatic heterocycles. The SMILES string of the molecule is Cc1ccc(C)c(CNc2cc(C#N)ccc2N)c1. The number of nitrogen functional groups attached to an aromatic ring is 1. The number of nitrogens with zero attached hydrogens (tertiary/aromatic N) is 1. The number of rotatable bonds is 3. The molecule has 19 heavy (non-hydrogen) atoms. The summed E-state index contributed by atoms with van der Waals surface area (Å²) in [4.78, 5) is 0. The summed E-state index contributed by atoms with van der Waals surface area (Å²) in [6, 6.07) is 13.7. The Morgan fingerprint density at radius 3 is 2.68 bits per heavy atom. The minimum atomic E-state index is 0.609. The van der Waals surface area contributed by atoms with E-state index in [1.165, 1.54) is 16.7 Å². The van der Waals surface area contributed by atoms with Crippen LogP contribution in [0, 0.1) is 25.2 Å². The van der Waals surface area contributed by atoms with Gasteiger partial charge in [0.15, 0.2) is 0 Å². The predicted molar refractivity (Wildman–Crippen MR) is 78.8 cm³/mol. The highest BCUT2D eigenvalue weighted by molar-refractivity contribution is 5.68. The van der Waals surface area contributed by atoms with Crippen molar-refractivity contribution in [3.8, 4) is 6.07 Å². The van der Waals surface area contributed by atoms with Crippen molar-refractivity contribution in [1.82, 2.24) is 0 Å². The summed E-state index contributed by atoms with van der Waals surface area (Å²) in [7, 11) is 0. The van der Waals surface area contributed by atoms with Gasteiger partial charge < -0.3 is 11.1 Å². The van der Waals surface area contributed by atoms with Gasteiger partial charge in [0.1, 0.15) is 0 Å². The Morgan fingerprint density at radius 1 is 1.16 bits per heavy atom. The Kier molecular flexibility index (Phi) is 3.72. The Labute approximate surface area is 113 Å². The predicted octanol–water partition coefficient (Wildman–Crippen LogP) is 3.37. The van der Waals surface area contributed by atoms with Crippen molar-refractivity contribution in [3.63, 3.8) is 0 Å². The Bertz CT molecular complexity index is 639. The van der Waals surface area contributed by atoms with Gasteiger partial charge in [-0.15, -0.1) is 0 Å². The molecule has 0 aliphatic carbocycles. The first kappa shape index (κ1) is 13.0. The number of anilines is 2. The quantitative estimate of drug-likeness (QED) is 0.822. The first-order valence-corrected chi connectivity index (χ1v) is 6.20. The second-order valence-corrected chi connectivity index (χ2v) is 4.70. The van der Waals surface area contributed by atoms with Crippen molar-refractivity contribution in [2.75, 3.05) is 11.1 Å². The minimum absolute atomic E-state index is 0.609. The van der Waals surface area contributed by atoms with Crippen molar-refractivity contribution in [1.29, 1.82) is 5.26 Å². The average Bonchev–Trinajstić information content (AvgIpc) is 2.41. The van der Waals surface area contributed by atoms with Crippen LogP contribution in [0.1, 0.15) is 22.3 Å². The fourth-order valence-corrected chi connectivity index (χ4v) is 1.96. The van der Waals surface area contributed by atoms with E-state index in [0.717, 1.165) is 5.69 Å². The number of nitrogens with one attached hydrogen (secondary N) is 1. The highest BCUT2D eigenvalue weighted by Gasteiger charge is 2.03. The zero-order valence-corrected chi connectivity index (χ0v) is 11.2. The normalized spacial score (nSPS) is 9.95. The summed E-state index contributed by atoms with van der Waals surface area (Å²) < 4.78 is 0. The first-order valence-electron chi connectivity index (χ1n) is 6.20. The van der Waals surface area contributed by atoms with Gasteiger partial charge in [0, 0.05) is 6.54 Å². The van der Waals surface area contributed by atoms with Gasteiger partial charge in [-0.25, -0.2) is 0 Å². The molecule has 0 amide bonds. The number of benzene rings is 2. The van der Waals surface area contributed by atoms with Crippen molar-refractivity contribution in [3.05, 3.63) is 58.7 Å². The molecule has 2 rings (SSSR count). The maximum atomic E-state index is 8.90. The molecule has 3 nitrogen and oxygen atoms in total. The zero-order valence-electron chi connectivity index (χ0n) is 11.2. The van der Waals surface area contributed by atoms with Crippen LogP contribution >= 0.6 is 0 Å². The smallest absolute Gasteiger partial charge is 0.0992 e. The molecule has 0 atom stereocenters. The molecule has 0 bridgehead atoms. The molecule has 0 aromatic heterocycles. The third kappa shape index (κ3) is 3.05. The maximum Gasteiger partial charge on any atom is 0.0992 e. The summed E-state index contributed by atoms with van der Waals surface area (Å²) in [5.41, 5.74) is 11.7. The van der Waals surface area contributed by atoms with E-state index < -0.39 is 0 Å². The van der Waals surface area contributed by atoms with Crippen LogP contribution in [0.25, 0.3) is 0 Å². The lowest BCUT2D eigenvalue weighted by molar-refractivity contribution is 1.11. The molecule has 2 aromatic carbocycles. The van der Waals surface area contributed by atoms with Crippen LogP contribution < -0.4 is 11.1 Å². The molecule has 0 unspecified atom stereocenters. The number of nitrogens with two attached hydrogens (primary N) is 1. The lowest BCUT2D eigenvalue weighted by atomic mass is 10.1. The highest BCUT2D eigenvalue weighted by Crippen LogP contribution is 2.21. The average molecular weight is 251 g/mol. The van der Waals surface area contributed by atoms with Gasteiger partial charge >= 0.3 is 0 Å². The van der Waals surface area contributed by atoms with E-state index in [0.29, 0.717) is 17.8 Å². The summed E-state index contributed by atoms with van der Waals surface area (Å²) in [5, 5.41) is 12.2. The molecule has 2 aromatic rings. The second-order valence-electron chi connectivity index (χ2n) is 4.70. The number of hydrogen-bond donors (Lipinski definition) is 2. The van der Waals surface area contributed by atoms with Crippen LogP contribution in [0.5, 0.6) is 0 Å². The van der Waals surface area contributed by atoms with Gasteiger partial charge in [-0.3, -0.25) is 0 Å². The molecular weight excluding hydrogens is 234 g/mol. The summed E-state index contributed by atoms with van der Waals surface area (Å²) >= 11 is 0. The third-order valence-corrected chi connectivity index (χ3v) is 3.16.